The lowest BCUT2D eigenvalue weighted by Gasteiger charge is -2.39. The number of benzene rings is 3. The minimum Gasteiger partial charge on any atom is -0.493 e. The Balaban J connectivity index is 1.50. The van der Waals surface area contributed by atoms with Gasteiger partial charge in [-0.25, -0.2) is 4.79 Å². The van der Waals surface area contributed by atoms with Crippen molar-refractivity contribution in [2.24, 2.45) is 5.92 Å². The minimum atomic E-state index is -0.331. The molecule has 0 bridgehead atoms. The van der Waals surface area contributed by atoms with Crippen LogP contribution in [0.5, 0.6) is 11.5 Å². The molecule has 3 atom stereocenters. The molecular weight excluding hydrogens is 542 g/mol. The number of methoxy groups -OCH3 is 2. The smallest absolute Gasteiger partial charge is 0.338 e. The molecule has 5 rings (SSSR count). The van der Waals surface area contributed by atoms with Crippen LogP contribution in [0.1, 0.15) is 51.0 Å². The van der Waals surface area contributed by atoms with Crippen molar-refractivity contribution in [3.63, 3.8) is 0 Å². The van der Waals surface area contributed by atoms with E-state index in [9.17, 15) is 4.79 Å². The van der Waals surface area contributed by atoms with Crippen molar-refractivity contribution in [3.8, 4) is 11.5 Å². The first-order chi connectivity index (χ1) is 17.4. The zero-order valence-corrected chi connectivity index (χ0v) is 22.7. The highest BCUT2D eigenvalue weighted by Crippen LogP contribution is 2.52. The molecule has 0 spiro atoms. The number of ether oxygens (including phenoxy) is 3. The highest BCUT2D eigenvalue weighted by Gasteiger charge is 2.39. The summed E-state index contributed by atoms with van der Waals surface area (Å²) in [6.07, 6.45) is 5.49. The number of allylic oxidation sites excluding steroid dienone is 2. The van der Waals surface area contributed by atoms with Crippen molar-refractivity contribution in [2.45, 2.75) is 31.9 Å². The second kappa shape index (κ2) is 10.2. The van der Waals surface area contributed by atoms with Crippen LogP contribution >= 0.6 is 27.5 Å². The molecule has 1 N–H and O–H groups in total. The number of carbonyl (C=O) groups excluding carboxylic acids is 1. The summed E-state index contributed by atoms with van der Waals surface area (Å²) in [5, 5.41) is 4.42. The van der Waals surface area contributed by atoms with E-state index >= 15 is 0 Å². The third kappa shape index (κ3) is 4.37. The number of hydrogen-bond donors (Lipinski definition) is 1. The molecule has 5 nitrogen and oxygen atoms in total. The van der Waals surface area contributed by atoms with E-state index in [0.29, 0.717) is 34.6 Å². The van der Waals surface area contributed by atoms with Crippen LogP contribution in [0, 0.1) is 12.8 Å². The van der Waals surface area contributed by atoms with Gasteiger partial charge >= 0.3 is 5.97 Å². The molecule has 3 aromatic rings. The normalized spacial score (nSPS) is 19.8. The van der Waals surface area contributed by atoms with Crippen LogP contribution < -0.4 is 14.8 Å². The van der Waals surface area contributed by atoms with Gasteiger partial charge in [0.2, 0.25) is 0 Å². The van der Waals surface area contributed by atoms with E-state index in [1.54, 1.807) is 7.11 Å². The summed E-state index contributed by atoms with van der Waals surface area (Å²) in [7, 11) is 3.05. The topological polar surface area (TPSA) is 56.8 Å². The van der Waals surface area contributed by atoms with Gasteiger partial charge in [-0.2, -0.15) is 0 Å². The van der Waals surface area contributed by atoms with Crippen LogP contribution in [0.3, 0.4) is 0 Å². The lowest BCUT2D eigenvalue weighted by molar-refractivity contribution is 0.0600. The Bertz CT molecular complexity index is 1360. The third-order valence-corrected chi connectivity index (χ3v) is 8.10. The molecular formula is C29H27BrClNO4. The van der Waals surface area contributed by atoms with Crippen LogP contribution in [0.25, 0.3) is 0 Å². The Morgan fingerprint density at radius 3 is 2.72 bits per heavy atom. The summed E-state index contributed by atoms with van der Waals surface area (Å²) in [6, 6.07) is 15.7. The Hall–Kier alpha value is -2.96. The largest absolute Gasteiger partial charge is 0.493 e. The number of nitrogens with one attached hydrogen (secondary N) is 1. The maximum atomic E-state index is 12.3. The minimum absolute atomic E-state index is 0.0203. The predicted octanol–water partition coefficient (Wildman–Crippen LogP) is 7.61. The number of rotatable bonds is 6. The van der Waals surface area contributed by atoms with Gasteiger partial charge in [0.05, 0.1) is 30.3 Å². The van der Waals surface area contributed by atoms with E-state index in [4.69, 9.17) is 25.8 Å². The van der Waals surface area contributed by atoms with E-state index in [0.717, 1.165) is 33.3 Å². The maximum absolute atomic E-state index is 12.3. The second-order valence-corrected chi connectivity index (χ2v) is 10.3. The molecule has 3 aromatic carbocycles. The van der Waals surface area contributed by atoms with Crippen molar-refractivity contribution in [1.82, 2.24) is 0 Å². The Morgan fingerprint density at radius 2 is 1.97 bits per heavy atom. The molecule has 0 aromatic heterocycles. The number of carbonyl (C=O) groups is 1. The number of halogens is 2. The zero-order valence-electron chi connectivity index (χ0n) is 20.3. The first-order valence-electron chi connectivity index (χ1n) is 11.8. The van der Waals surface area contributed by atoms with Gasteiger partial charge < -0.3 is 19.5 Å². The first kappa shape index (κ1) is 24.7. The fraction of sp³-hybridized carbons (Fsp3) is 0.276. The van der Waals surface area contributed by atoms with E-state index in [-0.39, 0.29) is 17.9 Å². The molecule has 0 saturated carbocycles. The number of hydrogen-bond acceptors (Lipinski definition) is 5. The molecule has 0 fully saturated rings. The van der Waals surface area contributed by atoms with Crippen LogP contribution in [0.2, 0.25) is 5.02 Å². The fourth-order valence-corrected chi connectivity index (χ4v) is 6.06. The third-order valence-electron chi connectivity index (χ3n) is 7.14. The van der Waals surface area contributed by atoms with Crippen molar-refractivity contribution < 1.29 is 19.0 Å². The standard InChI is InChI=1S/C29H27BrClNO4/c1-16-19(29(33)35-3)11-12-22-20-8-6-9-21(20)27(32-26(16)22)18-13-23(30)28(25(14-18)34-2)36-15-17-7-4-5-10-24(17)31/h4-8,10-14,20-21,27,32H,9,15H2,1-3H3/t20-,21-,27+/m0/s1. The van der Waals surface area contributed by atoms with E-state index in [2.05, 4.69) is 39.5 Å². The molecule has 2 aliphatic rings. The van der Waals surface area contributed by atoms with E-state index < -0.39 is 0 Å². The van der Waals surface area contributed by atoms with Crippen LogP contribution in [-0.4, -0.2) is 20.2 Å². The van der Waals surface area contributed by atoms with Gasteiger partial charge in [-0.15, -0.1) is 0 Å². The maximum Gasteiger partial charge on any atom is 0.338 e. The van der Waals surface area contributed by atoms with Gasteiger partial charge in [0.15, 0.2) is 11.5 Å². The lowest BCUT2D eigenvalue weighted by atomic mass is 9.76. The van der Waals surface area contributed by atoms with E-state index in [1.165, 1.54) is 12.7 Å². The lowest BCUT2D eigenvalue weighted by Crippen LogP contribution is -2.30. The molecule has 36 heavy (non-hydrogen) atoms. The second-order valence-electron chi connectivity index (χ2n) is 9.08. The van der Waals surface area contributed by atoms with Gasteiger partial charge in [-0.1, -0.05) is 48.0 Å². The van der Waals surface area contributed by atoms with Crippen LogP contribution in [0.4, 0.5) is 5.69 Å². The molecule has 0 amide bonds. The molecule has 1 heterocycles. The molecule has 0 unspecified atom stereocenters. The molecule has 1 aliphatic heterocycles. The summed E-state index contributed by atoms with van der Waals surface area (Å²) < 4.78 is 17.7. The van der Waals surface area contributed by atoms with E-state index in [1.807, 2.05) is 49.4 Å². The van der Waals surface area contributed by atoms with Gasteiger partial charge in [0, 0.05) is 22.2 Å². The van der Waals surface area contributed by atoms with Gasteiger partial charge in [0.25, 0.3) is 0 Å². The summed E-state index contributed by atoms with van der Waals surface area (Å²) >= 11 is 10.0. The average molecular weight is 569 g/mol. The molecule has 0 radical (unpaired) electrons. The molecule has 186 valence electrons. The SMILES string of the molecule is COC(=O)c1ccc2c(c1C)N[C@H](c1cc(Br)c(OCc3ccccc3Cl)c(OC)c1)[C@H]1CC=C[C@H]21. The zero-order chi connectivity index (χ0) is 25.4. The quantitative estimate of drug-likeness (QED) is 0.245. The first-order valence-corrected chi connectivity index (χ1v) is 13.0. The number of fused-ring (bicyclic) bond motifs is 3. The molecule has 7 heteroatoms. The Kier molecular flexibility index (Phi) is 7.00. The highest BCUT2D eigenvalue weighted by atomic mass is 79.9. The van der Waals surface area contributed by atoms with Crippen molar-refractivity contribution in [3.05, 3.63) is 98.0 Å². The molecule has 0 saturated heterocycles. The monoisotopic (exact) mass is 567 g/mol. The predicted molar refractivity (Wildman–Crippen MR) is 145 cm³/mol. The van der Waals surface area contributed by atoms with Crippen molar-refractivity contribution in [2.75, 3.05) is 19.5 Å². The van der Waals surface area contributed by atoms with Gasteiger partial charge in [-0.05, 0) is 76.1 Å². The Morgan fingerprint density at radius 1 is 1.17 bits per heavy atom. The van der Waals surface area contributed by atoms with Gasteiger partial charge in [-0.3, -0.25) is 0 Å². The van der Waals surface area contributed by atoms with Crippen LogP contribution in [-0.2, 0) is 11.3 Å². The average Bonchev–Trinajstić information content (AvgIpc) is 3.38. The number of esters is 1. The summed E-state index contributed by atoms with van der Waals surface area (Å²) in [5.41, 5.74) is 5.65. The van der Waals surface area contributed by atoms with Crippen molar-refractivity contribution in [1.29, 1.82) is 0 Å². The number of anilines is 1. The summed E-state index contributed by atoms with van der Waals surface area (Å²) in [5.74, 6) is 1.54. The van der Waals surface area contributed by atoms with Crippen LogP contribution in [0.15, 0.2) is 65.2 Å². The summed E-state index contributed by atoms with van der Waals surface area (Å²) in [4.78, 5) is 12.3. The highest BCUT2D eigenvalue weighted by molar-refractivity contribution is 9.10. The van der Waals surface area contributed by atoms with Gasteiger partial charge in [0.1, 0.15) is 6.61 Å². The Labute approximate surface area is 224 Å². The fourth-order valence-electron chi connectivity index (χ4n) is 5.30. The van der Waals surface area contributed by atoms with Crippen molar-refractivity contribution >= 4 is 39.2 Å². The molecule has 1 aliphatic carbocycles. The summed E-state index contributed by atoms with van der Waals surface area (Å²) in [6.45, 7) is 2.30.